The quantitative estimate of drug-likeness (QED) is 0.0299. The molecule has 12 nitrogen and oxygen atoms in total. The first kappa shape index (κ1) is 64.7. The molecule has 69 heavy (non-hydrogen) atoms. The van der Waals surface area contributed by atoms with Crippen LogP contribution in [0.1, 0.15) is 290 Å². The predicted molar refractivity (Wildman–Crippen MR) is 276 cm³/mol. The summed E-state index contributed by atoms with van der Waals surface area (Å²) in [5, 5.41) is 31.4. The van der Waals surface area contributed by atoms with Gasteiger partial charge in [-0.3, -0.25) is 14.4 Å². The zero-order valence-electron chi connectivity index (χ0n) is 44.6. The van der Waals surface area contributed by atoms with Gasteiger partial charge in [-0.1, -0.05) is 252 Å². The Balaban J connectivity index is 2.67. The van der Waals surface area contributed by atoms with Gasteiger partial charge in [-0.25, -0.2) is 4.79 Å². The van der Waals surface area contributed by atoms with Gasteiger partial charge in [0, 0.05) is 19.3 Å². The number of aliphatic hydroxyl groups is 2. The van der Waals surface area contributed by atoms with Crippen molar-refractivity contribution in [1.29, 1.82) is 0 Å². The monoisotopic (exact) mass is 983 g/mol. The highest BCUT2D eigenvalue weighted by molar-refractivity contribution is 5.74. The van der Waals surface area contributed by atoms with Gasteiger partial charge in [0.15, 0.2) is 24.6 Å². The van der Waals surface area contributed by atoms with Crippen molar-refractivity contribution >= 4 is 23.9 Å². The number of hydrogen-bond donors (Lipinski definition) is 3. The van der Waals surface area contributed by atoms with Crippen molar-refractivity contribution in [2.45, 2.75) is 327 Å². The Morgan fingerprint density at radius 1 is 0.420 bits per heavy atom. The second kappa shape index (κ2) is 46.8. The van der Waals surface area contributed by atoms with Crippen LogP contribution in [0.15, 0.2) is 0 Å². The van der Waals surface area contributed by atoms with Crippen molar-refractivity contribution in [3.63, 3.8) is 0 Å². The highest BCUT2D eigenvalue weighted by atomic mass is 16.7. The van der Waals surface area contributed by atoms with Crippen LogP contribution in [0.2, 0.25) is 0 Å². The molecule has 6 unspecified atom stereocenters. The Kier molecular flexibility index (Phi) is 43.9. The van der Waals surface area contributed by atoms with Crippen LogP contribution in [0, 0.1) is 0 Å². The summed E-state index contributed by atoms with van der Waals surface area (Å²) in [7, 11) is 0. The first-order valence-electron chi connectivity index (χ1n) is 29.0. The molecule has 3 N–H and O–H groups in total. The predicted octanol–water partition coefficient (Wildman–Crippen LogP) is 14.3. The van der Waals surface area contributed by atoms with E-state index in [1.54, 1.807) is 0 Å². The summed E-state index contributed by atoms with van der Waals surface area (Å²) in [4.78, 5) is 51.0. The SMILES string of the molecule is CCCCCCCCCCCCCCCCCC(=O)OCC(COC1OC(C(=O)O)C(O)C(O)C1OC(=O)CCCCCCCCCCCCCCC)OC(=O)CCCCCCCCCCCCC. The van der Waals surface area contributed by atoms with Crippen LogP contribution in [-0.2, 0) is 42.9 Å². The highest BCUT2D eigenvalue weighted by Crippen LogP contribution is 2.27. The Bertz CT molecular complexity index is 1210. The molecule has 0 amide bonds. The van der Waals surface area contributed by atoms with Crippen LogP contribution in [0.4, 0.5) is 0 Å². The minimum absolute atomic E-state index is 0.0702. The molecule has 0 aromatic carbocycles. The summed E-state index contributed by atoms with van der Waals surface area (Å²) in [6.45, 7) is 6.01. The number of carbonyl (C=O) groups is 4. The summed E-state index contributed by atoms with van der Waals surface area (Å²) < 4.78 is 28.4. The molecule has 12 heteroatoms. The van der Waals surface area contributed by atoms with Gasteiger partial charge in [-0.2, -0.15) is 0 Å². The normalized spacial score (nSPS) is 18.5. The lowest BCUT2D eigenvalue weighted by molar-refractivity contribution is -0.301. The molecular weight excluding hydrogens is 877 g/mol. The van der Waals surface area contributed by atoms with E-state index in [1.807, 2.05) is 0 Å². The van der Waals surface area contributed by atoms with E-state index < -0.39 is 67.3 Å². The van der Waals surface area contributed by atoms with E-state index in [0.717, 1.165) is 57.8 Å². The van der Waals surface area contributed by atoms with E-state index in [4.69, 9.17) is 23.7 Å². The summed E-state index contributed by atoms with van der Waals surface area (Å²) in [5.74, 6) is -3.07. The first-order chi connectivity index (χ1) is 33.6. The molecule has 0 bridgehead atoms. The molecule has 1 fully saturated rings. The van der Waals surface area contributed by atoms with Gasteiger partial charge in [-0.15, -0.1) is 0 Å². The van der Waals surface area contributed by atoms with E-state index in [-0.39, 0.29) is 25.9 Å². The van der Waals surface area contributed by atoms with E-state index in [9.17, 15) is 34.5 Å². The minimum atomic E-state index is -1.89. The maximum atomic E-state index is 13.1. The lowest BCUT2D eigenvalue weighted by Gasteiger charge is -2.40. The molecule has 1 aliphatic heterocycles. The smallest absolute Gasteiger partial charge is 0.335 e. The molecule has 1 saturated heterocycles. The van der Waals surface area contributed by atoms with Crippen molar-refractivity contribution < 1.29 is 58.2 Å². The molecule has 406 valence electrons. The Morgan fingerprint density at radius 3 is 1.09 bits per heavy atom. The molecule has 0 saturated carbocycles. The lowest BCUT2D eigenvalue weighted by atomic mass is 9.98. The third kappa shape index (κ3) is 37.2. The average Bonchev–Trinajstić information content (AvgIpc) is 3.33. The number of hydrogen-bond acceptors (Lipinski definition) is 11. The van der Waals surface area contributed by atoms with E-state index in [0.29, 0.717) is 19.3 Å². The molecule has 1 aliphatic rings. The number of carboxylic acid groups (broad SMARTS) is 1. The Morgan fingerprint density at radius 2 is 0.739 bits per heavy atom. The number of unbranched alkanes of at least 4 members (excludes halogenated alkanes) is 36. The average molecular weight is 983 g/mol. The van der Waals surface area contributed by atoms with Crippen molar-refractivity contribution in [2.24, 2.45) is 0 Å². The van der Waals surface area contributed by atoms with Gasteiger partial charge < -0.3 is 39.0 Å². The van der Waals surface area contributed by atoms with Crippen LogP contribution >= 0.6 is 0 Å². The third-order valence-electron chi connectivity index (χ3n) is 13.7. The summed E-state index contributed by atoms with van der Waals surface area (Å²) >= 11 is 0. The van der Waals surface area contributed by atoms with Crippen molar-refractivity contribution in [3.05, 3.63) is 0 Å². The zero-order valence-corrected chi connectivity index (χ0v) is 44.6. The molecular formula is C57H106O12. The highest BCUT2D eigenvalue weighted by Gasteiger charge is 2.50. The van der Waals surface area contributed by atoms with Crippen molar-refractivity contribution in [3.8, 4) is 0 Å². The van der Waals surface area contributed by atoms with Gasteiger partial charge in [0.25, 0.3) is 0 Å². The molecule has 6 atom stereocenters. The van der Waals surface area contributed by atoms with Gasteiger partial charge in [0.05, 0.1) is 6.61 Å². The molecule has 0 spiro atoms. The zero-order chi connectivity index (χ0) is 50.4. The van der Waals surface area contributed by atoms with Crippen molar-refractivity contribution in [1.82, 2.24) is 0 Å². The molecule has 1 heterocycles. The third-order valence-corrected chi connectivity index (χ3v) is 13.7. The molecule has 0 aromatic heterocycles. The molecule has 1 rings (SSSR count). The van der Waals surface area contributed by atoms with Crippen molar-refractivity contribution in [2.75, 3.05) is 13.2 Å². The number of aliphatic carboxylic acids is 1. The van der Waals surface area contributed by atoms with E-state index in [2.05, 4.69) is 20.8 Å². The summed E-state index contributed by atoms with van der Waals surface area (Å²) in [6.07, 6.45) is 36.5. The number of carboxylic acids is 1. The van der Waals surface area contributed by atoms with Gasteiger partial charge in [0.2, 0.25) is 0 Å². The summed E-state index contributed by atoms with van der Waals surface area (Å²) in [6, 6.07) is 0. The Hall–Kier alpha value is -2.28. The standard InChI is InChI=1S/C57H106O12/c1-4-7-10-13-16-19-22-24-25-27-29-31-34-37-40-43-49(58)65-46-48(67-50(59)44-41-38-35-32-28-21-18-15-12-9-6-3)47-66-57-55(53(62)52(61)54(69-57)56(63)64)68-51(60)45-42-39-36-33-30-26-23-20-17-14-11-8-5-2/h48,52-55,57,61-62H,4-47H2,1-3H3,(H,63,64). The fourth-order valence-corrected chi connectivity index (χ4v) is 9.19. The van der Waals surface area contributed by atoms with Gasteiger partial charge in [-0.05, 0) is 19.3 Å². The van der Waals surface area contributed by atoms with Crippen LogP contribution in [0.25, 0.3) is 0 Å². The Labute approximate surface area is 421 Å². The van der Waals surface area contributed by atoms with Crippen LogP contribution in [0.3, 0.4) is 0 Å². The minimum Gasteiger partial charge on any atom is -0.479 e. The second-order valence-electron chi connectivity index (χ2n) is 20.3. The largest absolute Gasteiger partial charge is 0.479 e. The number of ether oxygens (including phenoxy) is 5. The van der Waals surface area contributed by atoms with Crippen LogP contribution in [-0.4, -0.2) is 89.2 Å². The molecule has 0 aromatic rings. The van der Waals surface area contributed by atoms with Crippen LogP contribution in [0.5, 0.6) is 0 Å². The number of carbonyl (C=O) groups excluding carboxylic acids is 3. The molecule has 0 radical (unpaired) electrons. The number of aliphatic hydroxyl groups excluding tert-OH is 2. The first-order valence-corrected chi connectivity index (χ1v) is 29.0. The second-order valence-corrected chi connectivity index (χ2v) is 20.3. The fourth-order valence-electron chi connectivity index (χ4n) is 9.19. The lowest BCUT2D eigenvalue weighted by Crippen LogP contribution is -2.61. The van der Waals surface area contributed by atoms with Gasteiger partial charge >= 0.3 is 23.9 Å². The summed E-state index contributed by atoms with van der Waals surface area (Å²) in [5.41, 5.74) is 0. The number of rotatable bonds is 50. The molecule has 0 aliphatic carbocycles. The maximum Gasteiger partial charge on any atom is 0.335 e. The number of esters is 3. The van der Waals surface area contributed by atoms with Gasteiger partial charge in [0.1, 0.15) is 18.8 Å². The van der Waals surface area contributed by atoms with Crippen LogP contribution < -0.4 is 0 Å². The van der Waals surface area contributed by atoms with E-state index >= 15 is 0 Å². The van der Waals surface area contributed by atoms with E-state index in [1.165, 1.54) is 173 Å². The topological polar surface area (TPSA) is 175 Å². The maximum absolute atomic E-state index is 13.1. The fraction of sp³-hybridized carbons (Fsp3) is 0.930.